The first-order chi connectivity index (χ1) is 6.54. The minimum absolute atomic E-state index is 0.404. The SMILES string of the molecule is O=C(O)C(NBr)c1cc(Cl)cc(Cl)c1. The molecule has 1 unspecified atom stereocenters. The van der Waals surface area contributed by atoms with Crippen molar-refractivity contribution in [3.63, 3.8) is 0 Å². The van der Waals surface area contributed by atoms with Crippen LogP contribution in [0.5, 0.6) is 0 Å². The molecule has 0 aliphatic heterocycles. The molecule has 0 aromatic heterocycles. The van der Waals surface area contributed by atoms with Crippen LogP contribution in [0.4, 0.5) is 0 Å². The van der Waals surface area contributed by atoms with E-state index in [1.165, 1.54) is 0 Å². The van der Waals surface area contributed by atoms with Crippen LogP contribution < -0.4 is 4.34 Å². The predicted octanol–water partition coefficient (Wildman–Crippen LogP) is 3.02. The zero-order chi connectivity index (χ0) is 10.7. The zero-order valence-corrected chi connectivity index (χ0v) is 9.90. The van der Waals surface area contributed by atoms with Crippen LogP contribution in [0.1, 0.15) is 11.6 Å². The van der Waals surface area contributed by atoms with Crippen LogP contribution >= 0.6 is 39.3 Å². The van der Waals surface area contributed by atoms with E-state index >= 15 is 0 Å². The predicted molar refractivity (Wildman–Crippen MR) is 58.9 cm³/mol. The molecule has 0 saturated carbocycles. The molecule has 0 radical (unpaired) electrons. The van der Waals surface area contributed by atoms with E-state index in [1.807, 2.05) is 0 Å². The number of carbonyl (C=O) groups is 1. The van der Waals surface area contributed by atoms with Gasteiger partial charge in [0.05, 0.1) is 0 Å². The Bertz CT molecular complexity index is 339. The summed E-state index contributed by atoms with van der Waals surface area (Å²) in [5.41, 5.74) is 0.492. The highest BCUT2D eigenvalue weighted by molar-refractivity contribution is 9.08. The third kappa shape index (κ3) is 2.85. The maximum atomic E-state index is 10.8. The van der Waals surface area contributed by atoms with Gasteiger partial charge in [-0.3, -0.25) is 4.79 Å². The molecule has 0 amide bonds. The molecule has 0 aliphatic carbocycles. The third-order valence-electron chi connectivity index (χ3n) is 1.57. The van der Waals surface area contributed by atoms with Crippen molar-refractivity contribution >= 4 is 45.3 Å². The van der Waals surface area contributed by atoms with Gasteiger partial charge in [0.25, 0.3) is 0 Å². The summed E-state index contributed by atoms with van der Waals surface area (Å²) >= 11 is 14.4. The largest absolute Gasteiger partial charge is 0.480 e. The monoisotopic (exact) mass is 297 g/mol. The lowest BCUT2D eigenvalue weighted by molar-refractivity contribution is -0.139. The number of halogens is 3. The van der Waals surface area contributed by atoms with Gasteiger partial charge in [0.2, 0.25) is 0 Å². The highest BCUT2D eigenvalue weighted by Crippen LogP contribution is 2.24. The molecule has 0 bridgehead atoms. The second-order valence-electron chi connectivity index (χ2n) is 2.58. The average Bonchev–Trinajstić information content (AvgIpc) is 2.02. The summed E-state index contributed by atoms with van der Waals surface area (Å²) in [6.45, 7) is 0. The maximum absolute atomic E-state index is 10.8. The molecule has 1 atom stereocenters. The van der Waals surface area contributed by atoms with Crippen molar-refractivity contribution in [1.82, 2.24) is 4.34 Å². The molecule has 76 valence electrons. The van der Waals surface area contributed by atoms with E-state index in [1.54, 1.807) is 18.2 Å². The van der Waals surface area contributed by atoms with Crippen LogP contribution in [-0.2, 0) is 4.79 Å². The molecule has 0 spiro atoms. The number of aliphatic carboxylic acids is 1. The van der Waals surface area contributed by atoms with E-state index in [0.29, 0.717) is 15.6 Å². The van der Waals surface area contributed by atoms with Gasteiger partial charge in [-0.05, 0) is 23.8 Å². The highest BCUT2D eigenvalue weighted by atomic mass is 79.9. The van der Waals surface area contributed by atoms with E-state index < -0.39 is 12.0 Å². The Hall–Kier alpha value is -0.290. The molecule has 0 fully saturated rings. The lowest BCUT2D eigenvalue weighted by atomic mass is 10.1. The quantitative estimate of drug-likeness (QED) is 0.843. The molecule has 1 aromatic carbocycles. The Balaban J connectivity index is 3.10. The number of nitrogens with one attached hydrogen (secondary N) is 1. The molecular formula is C8H6BrCl2NO2. The van der Waals surface area contributed by atoms with Crippen LogP contribution in [0.3, 0.4) is 0 Å². The minimum atomic E-state index is -1.01. The Morgan fingerprint density at radius 2 is 1.86 bits per heavy atom. The van der Waals surface area contributed by atoms with Gasteiger partial charge in [-0.2, -0.15) is 0 Å². The number of rotatable bonds is 3. The van der Waals surface area contributed by atoms with Gasteiger partial charge >= 0.3 is 5.97 Å². The summed E-state index contributed by atoms with van der Waals surface area (Å²) in [7, 11) is 0. The number of carboxylic acid groups (broad SMARTS) is 1. The number of hydrogen-bond acceptors (Lipinski definition) is 2. The molecule has 6 heteroatoms. The molecule has 0 saturated heterocycles. The summed E-state index contributed by atoms with van der Waals surface area (Å²) in [6.07, 6.45) is 0. The van der Waals surface area contributed by atoms with Crippen molar-refractivity contribution < 1.29 is 9.90 Å². The van der Waals surface area contributed by atoms with Gasteiger partial charge in [-0.25, -0.2) is 4.34 Å². The average molecular weight is 299 g/mol. The number of carboxylic acids is 1. The molecular weight excluding hydrogens is 293 g/mol. The lowest BCUT2D eigenvalue weighted by Crippen LogP contribution is -2.20. The molecule has 0 heterocycles. The van der Waals surface area contributed by atoms with Gasteiger partial charge in [0.1, 0.15) is 6.04 Å². The lowest BCUT2D eigenvalue weighted by Gasteiger charge is -2.10. The summed E-state index contributed by atoms with van der Waals surface area (Å²) in [4.78, 5) is 10.8. The van der Waals surface area contributed by atoms with Crippen LogP contribution in [0.2, 0.25) is 10.0 Å². The second-order valence-corrected chi connectivity index (χ2v) is 3.91. The fourth-order valence-corrected chi connectivity index (χ4v) is 2.00. The van der Waals surface area contributed by atoms with Crippen molar-refractivity contribution in [2.45, 2.75) is 6.04 Å². The summed E-state index contributed by atoms with van der Waals surface area (Å²) in [5.74, 6) is -1.01. The third-order valence-corrected chi connectivity index (χ3v) is 2.47. The fraction of sp³-hybridized carbons (Fsp3) is 0.125. The second kappa shape index (κ2) is 4.98. The summed E-state index contributed by atoms with van der Waals surface area (Å²) in [5, 5.41) is 9.64. The maximum Gasteiger partial charge on any atom is 0.326 e. The molecule has 14 heavy (non-hydrogen) atoms. The first-order valence-corrected chi connectivity index (χ1v) is 5.14. The highest BCUT2D eigenvalue weighted by Gasteiger charge is 2.18. The van der Waals surface area contributed by atoms with Crippen LogP contribution in [-0.4, -0.2) is 11.1 Å². The number of benzene rings is 1. The van der Waals surface area contributed by atoms with E-state index in [0.717, 1.165) is 0 Å². The van der Waals surface area contributed by atoms with E-state index in [9.17, 15) is 4.79 Å². The van der Waals surface area contributed by atoms with Gasteiger partial charge in [-0.15, -0.1) is 0 Å². The standard InChI is InChI=1S/C8H6BrCl2NO2/c9-12-7(8(13)14)4-1-5(10)3-6(11)2-4/h1-3,7,12H,(H,13,14). The van der Waals surface area contributed by atoms with Gasteiger partial charge in [-0.1, -0.05) is 23.2 Å². The van der Waals surface area contributed by atoms with Crippen molar-refractivity contribution in [3.05, 3.63) is 33.8 Å². The van der Waals surface area contributed by atoms with Crippen LogP contribution in [0.15, 0.2) is 18.2 Å². The smallest absolute Gasteiger partial charge is 0.326 e. The molecule has 2 N–H and O–H groups in total. The fourth-order valence-electron chi connectivity index (χ4n) is 0.994. The van der Waals surface area contributed by atoms with Gasteiger partial charge in [0.15, 0.2) is 0 Å². The van der Waals surface area contributed by atoms with Crippen LogP contribution in [0, 0.1) is 0 Å². The topological polar surface area (TPSA) is 49.3 Å². The van der Waals surface area contributed by atoms with Crippen LogP contribution in [0.25, 0.3) is 0 Å². The van der Waals surface area contributed by atoms with Crippen molar-refractivity contribution in [2.24, 2.45) is 0 Å². The number of hydrogen-bond donors (Lipinski definition) is 2. The summed E-state index contributed by atoms with van der Waals surface area (Å²) in [6, 6.07) is 3.76. The van der Waals surface area contributed by atoms with Crippen molar-refractivity contribution in [2.75, 3.05) is 0 Å². The Labute approximate surface area is 99.4 Å². The Morgan fingerprint density at radius 3 is 2.21 bits per heavy atom. The molecule has 0 aliphatic rings. The molecule has 1 rings (SSSR count). The Kier molecular flexibility index (Phi) is 4.19. The first kappa shape index (κ1) is 11.8. The van der Waals surface area contributed by atoms with Crippen molar-refractivity contribution in [3.8, 4) is 0 Å². The zero-order valence-electron chi connectivity index (χ0n) is 6.80. The van der Waals surface area contributed by atoms with E-state index in [4.69, 9.17) is 28.3 Å². The molecule has 3 nitrogen and oxygen atoms in total. The van der Waals surface area contributed by atoms with Gasteiger partial charge in [0, 0.05) is 26.2 Å². The minimum Gasteiger partial charge on any atom is -0.480 e. The normalized spacial score (nSPS) is 12.5. The first-order valence-electron chi connectivity index (χ1n) is 3.59. The molecule has 1 aromatic rings. The van der Waals surface area contributed by atoms with E-state index in [2.05, 4.69) is 20.5 Å². The van der Waals surface area contributed by atoms with Gasteiger partial charge < -0.3 is 5.11 Å². The van der Waals surface area contributed by atoms with E-state index in [-0.39, 0.29) is 0 Å². The van der Waals surface area contributed by atoms with Crippen molar-refractivity contribution in [1.29, 1.82) is 0 Å². The Morgan fingerprint density at radius 1 is 1.36 bits per heavy atom. The summed E-state index contributed by atoms with van der Waals surface area (Å²) < 4.78 is 2.47.